The zero-order valence-corrected chi connectivity index (χ0v) is 12.6. The molecule has 1 N–H and O–H groups in total. The van der Waals surface area contributed by atoms with E-state index >= 15 is 0 Å². The summed E-state index contributed by atoms with van der Waals surface area (Å²) in [7, 11) is 0. The summed E-state index contributed by atoms with van der Waals surface area (Å²) < 4.78 is 0. The van der Waals surface area contributed by atoms with E-state index in [2.05, 4.69) is 34.0 Å². The van der Waals surface area contributed by atoms with Crippen LogP contribution in [0.4, 0.5) is 5.82 Å². The molecule has 0 bridgehead atoms. The molecular formula is C14H23ClN4. The van der Waals surface area contributed by atoms with Gasteiger partial charge in [0.1, 0.15) is 17.3 Å². The summed E-state index contributed by atoms with van der Waals surface area (Å²) in [5, 5.41) is 4.05. The van der Waals surface area contributed by atoms with Crippen molar-refractivity contribution >= 4 is 17.4 Å². The lowest BCUT2D eigenvalue weighted by Crippen LogP contribution is -2.23. The quantitative estimate of drug-likeness (QED) is 0.815. The summed E-state index contributed by atoms with van der Waals surface area (Å²) in [6.45, 7) is 8.89. The van der Waals surface area contributed by atoms with Gasteiger partial charge in [-0.2, -0.15) is 0 Å². The van der Waals surface area contributed by atoms with Crippen LogP contribution in [-0.2, 0) is 6.42 Å². The van der Waals surface area contributed by atoms with Crippen LogP contribution < -0.4 is 5.32 Å². The molecule has 1 aromatic rings. The molecule has 0 saturated carbocycles. The number of rotatable bonds is 6. The van der Waals surface area contributed by atoms with Gasteiger partial charge in [0.05, 0.1) is 0 Å². The van der Waals surface area contributed by atoms with Crippen molar-refractivity contribution in [2.24, 2.45) is 5.92 Å². The Bertz CT molecular complexity index is 410. The normalized spacial score (nSPS) is 19.8. The van der Waals surface area contributed by atoms with Gasteiger partial charge in [0, 0.05) is 18.7 Å². The van der Waals surface area contributed by atoms with Crippen LogP contribution >= 0.6 is 11.6 Å². The number of hydrogen-bond acceptors (Lipinski definition) is 4. The second-order valence-corrected chi connectivity index (χ2v) is 5.53. The molecule has 0 aliphatic carbocycles. The van der Waals surface area contributed by atoms with Gasteiger partial charge in [0.2, 0.25) is 0 Å². The zero-order valence-electron chi connectivity index (χ0n) is 11.8. The van der Waals surface area contributed by atoms with Crippen LogP contribution in [0.15, 0.2) is 6.33 Å². The van der Waals surface area contributed by atoms with E-state index in [4.69, 9.17) is 11.6 Å². The van der Waals surface area contributed by atoms with Crippen LogP contribution in [-0.4, -0.2) is 41.0 Å². The maximum atomic E-state index is 6.15. The summed E-state index contributed by atoms with van der Waals surface area (Å²) in [6, 6.07) is 0. The molecule has 106 valence electrons. The predicted octanol–water partition coefficient (Wildman–Crippen LogP) is 2.84. The summed E-state index contributed by atoms with van der Waals surface area (Å²) in [5.41, 5.74) is 1.05. The molecule has 4 nitrogen and oxygen atoms in total. The minimum atomic E-state index is 0.584. The largest absolute Gasteiger partial charge is 0.369 e. The summed E-state index contributed by atoms with van der Waals surface area (Å²) in [6.07, 6.45) is 4.78. The highest BCUT2D eigenvalue weighted by atomic mass is 35.5. The van der Waals surface area contributed by atoms with Gasteiger partial charge >= 0.3 is 0 Å². The molecule has 1 unspecified atom stereocenters. The van der Waals surface area contributed by atoms with Crippen LogP contribution in [0.3, 0.4) is 0 Å². The molecule has 2 heterocycles. The summed E-state index contributed by atoms with van der Waals surface area (Å²) >= 11 is 6.15. The van der Waals surface area contributed by atoms with Crippen molar-refractivity contribution in [1.82, 2.24) is 14.9 Å². The van der Waals surface area contributed by atoms with Gasteiger partial charge in [-0.25, -0.2) is 9.97 Å². The minimum absolute atomic E-state index is 0.584. The Balaban J connectivity index is 1.94. The predicted molar refractivity (Wildman–Crippen MR) is 79.7 cm³/mol. The van der Waals surface area contributed by atoms with Gasteiger partial charge in [-0.1, -0.05) is 31.9 Å². The van der Waals surface area contributed by atoms with Crippen molar-refractivity contribution in [3.63, 3.8) is 0 Å². The van der Waals surface area contributed by atoms with Crippen molar-refractivity contribution in [2.75, 3.05) is 31.5 Å². The first kappa shape index (κ1) is 14.5. The molecule has 1 saturated heterocycles. The second kappa shape index (κ2) is 7.06. The van der Waals surface area contributed by atoms with Gasteiger partial charge < -0.3 is 10.2 Å². The third kappa shape index (κ3) is 3.80. The van der Waals surface area contributed by atoms with E-state index in [0.29, 0.717) is 11.1 Å². The average Bonchev–Trinajstić information content (AvgIpc) is 2.87. The molecule has 5 heteroatoms. The van der Waals surface area contributed by atoms with Crippen molar-refractivity contribution in [1.29, 1.82) is 0 Å². The van der Waals surface area contributed by atoms with E-state index in [1.54, 1.807) is 0 Å². The Hall–Kier alpha value is -0.870. The molecule has 1 aliphatic rings. The first-order chi connectivity index (χ1) is 9.24. The lowest BCUT2D eigenvalue weighted by molar-refractivity contribution is 0.345. The highest BCUT2D eigenvalue weighted by Crippen LogP contribution is 2.23. The number of likely N-dealkylation sites (tertiary alicyclic amines) is 1. The fourth-order valence-electron chi connectivity index (χ4n) is 2.62. The number of anilines is 1. The van der Waals surface area contributed by atoms with Crippen LogP contribution in [0.25, 0.3) is 0 Å². The fraction of sp³-hybridized carbons (Fsp3) is 0.714. The van der Waals surface area contributed by atoms with Gasteiger partial charge in [0.25, 0.3) is 0 Å². The van der Waals surface area contributed by atoms with Gasteiger partial charge in [-0.05, 0) is 31.8 Å². The third-order valence-corrected chi connectivity index (χ3v) is 4.09. The smallest absolute Gasteiger partial charge is 0.137 e. The summed E-state index contributed by atoms with van der Waals surface area (Å²) in [4.78, 5) is 10.9. The zero-order chi connectivity index (χ0) is 13.7. The maximum absolute atomic E-state index is 6.15. The third-order valence-electron chi connectivity index (χ3n) is 3.77. The van der Waals surface area contributed by atoms with Crippen molar-refractivity contribution < 1.29 is 0 Å². The van der Waals surface area contributed by atoms with E-state index in [1.165, 1.54) is 25.8 Å². The van der Waals surface area contributed by atoms with Crippen molar-refractivity contribution in [3.05, 3.63) is 17.0 Å². The van der Waals surface area contributed by atoms with Crippen molar-refractivity contribution in [3.8, 4) is 0 Å². The Kier molecular flexibility index (Phi) is 5.40. The number of nitrogens with zero attached hydrogens (tertiary/aromatic N) is 3. The highest BCUT2D eigenvalue weighted by molar-refractivity contribution is 6.30. The molecule has 1 aromatic heterocycles. The highest BCUT2D eigenvalue weighted by Gasteiger charge is 2.21. The van der Waals surface area contributed by atoms with Crippen LogP contribution in [0, 0.1) is 5.92 Å². The molecule has 0 amide bonds. The van der Waals surface area contributed by atoms with Gasteiger partial charge in [-0.15, -0.1) is 0 Å². The summed E-state index contributed by atoms with van der Waals surface area (Å²) in [5.74, 6) is 1.62. The lowest BCUT2D eigenvalue weighted by Gasteiger charge is -2.15. The first-order valence-electron chi connectivity index (χ1n) is 7.20. The molecule has 0 radical (unpaired) electrons. The number of hydrogen-bond donors (Lipinski definition) is 1. The molecule has 1 aliphatic heterocycles. The van der Waals surface area contributed by atoms with Gasteiger partial charge in [-0.3, -0.25) is 0 Å². The standard InChI is InChI=1S/C14H23ClN4/c1-3-5-12-13(15)17-10-18-14(12)16-8-11-6-7-19(4-2)9-11/h10-11H,3-9H2,1-2H3,(H,16,17,18). The Morgan fingerprint density at radius 1 is 1.42 bits per heavy atom. The van der Waals surface area contributed by atoms with Crippen LogP contribution in [0.1, 0.15) is 32.3 Å². The monoisotopic (exact) mass is 282 g/mol. The number of nitrogens with one attached hydrogen (secondary N) is 1. The van der Waals surface area contributed by atoms with E-state index in [1.807, 2.05) is 0 Å². The van der Waals surface area contributed by atoms with E-state index in [9.17, 15) is 0 Å². The van der Waals surface area contributed by atoms with Crippen LogP contribution in [0.2, 0.25) is 5.15 Å². The minimum Gasteiger partial charge on any atom is -0.369 e. The molecule has 2 rings (SSSR count). The fourth-order valence-corrected chi connectivity index (χ4v) is 2.85. The Labute approximate surface area is 120 Å². The van der Waals surface area contributed by atoms with E-state index in [-0.39, 0.29) is 0 Å². The van der Waals surface area contributed by atoms with E-state index < -0.39 is 0 Å². The molecule has 1 atom stereocenters. The van der Waals surface area contributed by atoms with E-state index in [0.717, 1.165) is 37.3 Å². The van der Waals surface area contributed by atoms with Gasteiger partial charge in [0.15, 0.2) is 0 Å². The molecule has 0 spiro atoms. The number of halogens is 1. The Morgan fingerprint density at radius 2 is 2.26 bits per heavy atom. The topological polar surface area (TPSA) is 41.1 Å². The average molecular weight is 283 g/mol. The molecule has 0 aromatic carbocycles. The second-order valence-electron chi connectivity index (χ2n) is 5.17. The van der Waals surface area contributed by atoms with Crippen LogP contribution in [0.5, 0.6) is 0 Å². The van der Waals surface area contributed by atoms with Crippen molar-refractivity contribution in [2.45, 2.75) is 33.1 Å². The molecule has 19 heavy (non-hydrogen) atoms. The lowest BCUT2D eigenvalue weighted by atomic mass is 10.1. The Morgan fingerprint density at radius 3 is 2.95 bits per heavy atom. The SMILES string of the molecule is CCCc1c(Cl)ncnc1NCC1CCN(CC)C1. The molecular weight excluding hydrogens is 260 g/mol. The number of aromatic nitrogens is 2. The maximum Gasteiger partial charge on any atom is 0.137 e. The molecule has 1 fully saturated rings. The first-order valence-corrected chi connectivity index (χ1v) is 7.58.